The SMILES string of the molecule is COCC1(c2ccccc2)CN(S(=O)(=O)c2cccnc2)C1. The number of rotatable bonds is 5. The molecular formula is C16H18N2O3S. The predicted octanol–water partition coefficient (Wildman–Crippen LogP) is 1.67. The number of benzene rings is 1. The minimum absolute atomic E-state index is 0.231. The van der Waals surface area contributed by atoms with Gasteiger partial charge < -0.3 is 4.74 Å². The minimum Gasteiger partial charge on any atom is -0.384 e. The van der Waals surface area contributed by atoms with Gasteiger partial charge in [0.15, 0.2) is 0 Å². The molecule has 0 amide bonds. The van der Waals surface area contributed by atoms with Crippen LogP contribution in [0.1, 0.15) is 5.56 Å². The molecule has 1 fully saturated rings. The predicted molar refractivity (Wildman–Crippen MR) is 83.0 cm³/mol. The van der Waals surface area contributed by atoms with Gasteiger partial charge in [-0.3, -0.25) is 4.98 Å². The van der Waals surface area contributed by atoms with Crippen LogP contribution in [0.2, 0.25) is 0 Å². The topological polar surface area (TPSA) is 59.5 Å². The van der Waals surface area contributed by atoms with Crippen LogP contribution in [0.15, 0.2) is 59.8 Å². The van der Waals surface area contributed by atoms with Gasteiger partial charge in [-0.2, -0.15) is 4.31 Å². The first-order valence-electron chi connectivity index (χ1n) is 7.03. The van der Waals surface area contributed by atoms with E-state index in [9.17, 15) is 8.42 Å². The number of aromatic nitrogens is 1. The van der Waals surface area contributed by atoms with Gasteiger partial charge in [-0.15, -0.1) is 0 Å². The molecule has 0 saturated carbocycles. The molecule has 1 saturated heterocycles. The van der Waals surface area contributed by atoms with Gasteiger partial charge in [0.2, 0.25) is 10.0 Å². The highest BCUT2D eigenvalue weighted by Gasteiger charge is 2.49. The zero-order valence-corrected chi connectivity index (χ0v) is 13.2. The maximum Gasteiger partial charge on any atom is 0.244 e. The molecule has 1 aliphatic heterocycles. The van der Waals surface area contributed by atoms with E-state index in [1.165, 1.54) is 10.5 Å². The molecule has 0 aliphatic carbocycles. The Hall–Kier alpha value is -1.76. The van der Waals surface area contributed by atoms with Gasteiger partial charge in [-0.1, -0.05) is 30.3 Å². The monoisotopic (exact) mass is 318 g/mol. The Kier molecular flexibility index (Phi) is 3.99. The molecule has 2 aromatic rings. The van der Waals surface area contributed by atoms with Gasteiger partial charge in [0, 0.05) is 38.0 Å². The largest absolute Gasteiger partial charge is 0.384 e. The summed E-state index contributed by atoms with van der Waals surface area (Å²) >= 11 is 0. The van der Waals surface area contributed by atoms with E-state index in [1.807, 2.05) is 30.3 Å². The van der Waals surface area contributed by atoms with Crippen molar-refractivity contribution in [2.24, 2.45) is 0 Å². The molecule has 1 aliphatic rings. The van der Waals surface area contributed by atoms with Crippen molar-refractivity contribution in [1.82, 2.24) is 9.29 Å². The molecular weight excluding hydrogens is 300 g/mol. The average Bonchev–Trinajstić information content (AvgIpc) is 2.52. The van der Waals surface area contributed by atoms with E-state index in [1.54, 1.807) is 25.4 Å². The van der Waals surface area contributed by atoms with E-state index in [0.717, 1.165) is 5.56 Å². The van der Waals surface area contributed by atoms with E-state index in [-0.39, 0.29) is 10.3 Å². The Morgan fingerprint density at radius 3 is 2.50 bits per heavy atom. The summed E-state index contributed by atoms with van der Waals surface area (Å²) < 4.78 is 32.0. The summed E-state index contributed by atoms with van der Waals surface area (Å²) in [6.07, 6.45) is 2.95. The van der Waals surface area contributed by atoms with Crippen molar-refractivity contribution in [3.63, 3.8) is 0 Å². The van der Waals surface area contributed by atoms with Crippen LogP contribution in [0, 0.1) is 0 Å². The van der Waals surface area contributed by atoms with Crippen LogP contribution in [0.25, 0.3) is 0 Å². The van der Waals surface area contributed by atoms with Gasteiger partial charge in [-0.05, 0) is 17.7 Å². The van der Waals surface area contributed by atoms with Crippen LogP contribution in [-0.2, 0) is 20.2 Å². The van der Waals surface area contributed by atoms with Crippen molar-refractivity contribution in [3.05, 3.63) is 60.4 Å². The van der Waals surface area contributed by atoms with E-state index in [0.29, 0.717) is 19.7 Å². The Bertz CT molecular complexity index is 727. The lowest BCUT2D eigenvalue weighted by Gasteiger charge is -2.49. The Labute approximate surface area is 130 Å². The molecule has 1 aromatic carbocycles. The first-order chi connectivity index (χ1) is 10.6. The summed E-state index contributed by atoms with van der Waals surface area (Å²) in [6.45, 7) is 1.33. The number of pyridine rings is 1. The van der Waals surface area contributed by atoms with Crippen LogP contribution >= 0.6 is 0 Å². The van der Waals surface area contributed by atoms with E-state index >= 15 is 0 Å². The Balaban J connectivity index is 1.85. The van der Waals surface area contributed by atoms with Crippen molar-refractivity contribution in [1.29, 1.82) is 0 Å². The molecule has 0 spiro atoms. The van der Waals surface area contributed by atoms with Crippen LogP contribution in [0.3, 0.4) is 0 Å². The van der Waals surface area contributed by atoms with Gasteiger partial charge >= 0.3 is 0 Å². The zero-order chi connectivity index (χ0) is 15.6. The second-order valence-corrected chi connectivity index (χ2v) is 7.48. The molecule has 116 valence electrons. The second kappa shape index (κ2) is 5.79. The summed E-state index contributed by atoms with van der Waals surface area (Å²) in [7, 11) is -1.84. The number of methoxy groups -OCH3 is 1. The van der Waals surface area contributed by atoms with Crippen LogP contribution in [0.5, 0.6) is 0 Å². The fraction of sp³-hybridized carbons (Fsp3) is 0.312. The number of nitrogens with zero attached hydrogens (tertiary/aromatic N) is 2. The molecule has 0 unspecified atom stereocenters. The highest BCUT2D eigenvalue weighted by atomic mass is 32.2. The number of hydrogen-bond donors (Lipinski definition) is 0. The third kappa shape index (κ3) is 2.54. The van der Waals surface area contributed by atoms with E-state index in [4.69, 9.17) is 4.74 Å². The fourth-order valence-corrected chi connectivity index (χ4v) is 4.45. The maximum atomic E-state index is 12.6. The van der Waals surface area contributed by atoms with Crippen molar-refractivity contribution < 1.29 is 13.2 Å². The van der Waals surface area contributed by atoms with E-state index in [2.05, 4.69) is 4.98 Å². The fourth-order valence-electron chi connectivity index (χ4n) is 2.87. The molecule has 1 aromatic heterocycles. The smallest absolute Gasteiger partial charge is 0.244 e. The first kappa shape index (κ1) is 15.1. The van der Waals surface area contributed by atoms with Gasteiger partial charge in [0.25, 0.3) is 0 Å². The Morgan fingerprint density at radius 1 is 1.18 bits per heavy atom. The lowest BCUT2D eigenvalue weighted by atomic mass is 9.76. The molecule has 0 radical (unpaired) electrons. The summed E-state index contributed by atoms with van der Waals surface area (Å²) in [5.41, 5.74) is 0.833. The highest BCUT2D eigenvalue weighted by molar-refractivity contribution is 7.89. The molecule has 0 N–H and O–H groups in total. The molecule has 6 heteroatoms. The lowest BCUT2D eigenvalue weighted by Crippen LogP contribution is -2.63. The number of ether oxygens (including phenoxy) is 1. The third-order valence-corrected chi connectivity index (χ3v) is 5.81. The molecule has 3 rings (SSSR count). The second-order valence-electron chi connectivity index (χ2n) is 5.54. The van der Waals surface area contributed by atoms with Crippen LogP contribution in [0.4, 0.5) is 0 Å². The molecule has 2 heterocycles. The number of hydrogen-bond acceptors (Lipinski definition) is 4. The lowest BCUT2D eigenvalue weighted by molar-refractivity contribution is 0.0492. The highest BCUT2D eigenvalue weighted by Crippen LogP contribution is 2.38. The van der Waals surface area contributed by atoms with Gasteiger partial charge in [-0.25, -0.2) is 8.42 Å². The maximum absolute atomic E-state index is 12.6. The molecule has 22 heavy (non-hydrogen) atoms. The Morgan fingerprint density at radius 2 is 1.91 bits per heavy atom. The van der Waals surface area contributed by atoms with Gasteiger partial charge in [0.1, 0.15) is 4.90 Å². The molecule has 0 atom stereocenters. The summed E-state index contributed by atoms with van der Waals surface area (Å²) in [4.78, 5) is 4.12. The molecule has 0 bridgehead atoms. The standard InChI is InChI=1S/C16H18N2O3S/c1-21-13-16(14-6-3-2-4-7-14)11-18(12-16)22(19,20)15-8-5-9-17-10-15/h2-10H,11-13H2,1H3. The normalized spacial score (nSPS) is 17.9. The van der Waals surface area contributed by atoms with Crippen molar-refractivity contribution in [2.45, 2.75) is 10.3 Å². The quantitative estimate of drug-likeness (QED) is 0.841. The van der Waals surface area contributed by atoms with E-state index < -0.39 is 10.0 Å². The zero-order valence-electron chi connectivity index (χ0n) is 12.3. The van der Waals surface area contributed by atoms with Gasteiger partial charge in [0.05, 0.1) is 6.61 Å². The average molecular weight is 318 g/mol. The van der Waals surface area contributed by atoms with Crippen LogP contribution < -0.4 is 0 Å². The minimum atomic E-state index is -3.48. The van der Waals surface area contributed by atoms with Crippen molar-refractivity contribution in [2.75, 3.05) is 26.8 Å². The molecule has 5 nitrogen and oxygen atoms in total. The van der Waals surface area contributed by atoms with Crippen molar-refractivity contribution >= 4 is 10.0 Å². The van der Waals surface area contributed by atoms with Crippen LogP contribution in [-0.4, -0.2) is 44.5 Å². The van der Waals surface area contributed by atoms with Crippen molar-refractivity contribution in [3.8, 4) is 0 Å². The summed E-state index contributed by atoms with van der Waals surface area (Å²) in [5.74, 6) is 0. The summed E-state index contributed by atoms with van der Waals surface area (Å²) in [6, 6.07) is 13.1. The third-order valence-electron chi connectivity index (χ3n) is 4.04. The first-order valence-corrected chi connectivity index (χ1v) is 8.47. The summed E-state index contributed by atoms with van der Waals surface area (Å²) in [5, 5.41) is 0. The number of sulfonamides is 1.